The Labute approximate surface area is 118 Å². The van der Waals surface area contributed by atoms with Gasteiger partial charge in [0.2, 0.25) is 0 Å². The lowest BCUT2D eigenvalue weighted by atomic mass is 10.2. The van der Waals surface area contributed by atoms with Crippen molar-refractivity contribution in [2.75, 3.05) is 11.1 Å². The smallest absolute Gasteiger partial charge is 0.273 e. The van der Waals surface area contributed by atoms with Gasteiger partial charge < -0.3 is 11.1 Å². The van der Waals surface area contributed by atoms with Crippen LogP contribution < -0.4 is 11.1 Å². The number of nitrogen functional groups attached to an aromatic ring is 1. The first kappa shape index (κ1) is 13.4. The minimum Gasteiger partial charge on any atom is -0.398 e. The van der Waals surface area contributed by atoms with Crippen molar-refractivity contribution >= 4 is 38.7 Å². The average molecular weight is 322 g/mol. The van der Waals surface area contributed by atoms with E-state index < -0.39 is 4.92 Å². The van der Waals surface area contributed by atoms with Crippen molar-refractivity contribution in [1.29, 1.82) is 0 Å². The molecule has 2 rings (SSSR count). The van der Waals surface area contributed by atoms with Crippen molar-refractivity contribution in [3.8, 4) is 0 Å². The highest BCUT2D eigenvalue weighted by atomic mass is 79.9. The summed E-state index contributed by atoms with van der Waals surface area (Å²) in [7, 11) is 0. The maximum atomic E-state index is 10.8. The monoisotopic (exact) mass is 321 g/mol. The molecule has 0 saturated heterocycles. The molecule has 0 saturated carbocycles. The number of nitrogens with one attached hydrogen (secondary N) is 1. The van der Waals surface area contributed by atoms with Crippen LogP contribution in [0, 0.1) is 17.0 Å². The lowest BCUT2D eigenvalue weighted by Gasteiger charge is -2.10. The first-order valence-corrected chi connectivity index (χ1v) is 6.33. The van der Waals surface area contributed by atoms with Crippen LogP contribution in [-0.4, -0.2) is 4.92 Å². The van der Waals surface area contributed by atoms with Gasteiger partial charge in [0.25, 0.3) is 5.69 Å². The number of non-ortho nitro benzene ring substituents is 1. The van der Waals surface area contributed by atoms with Gasteiger partial charge in [-0.3, -0.25) is 10.1 Å². The molecule has 98 valence electrons. The predicted molar refractivity (Wildman–Crippen MR) is 79.7 cm³/mol. The molecule has 5 nitrogen and oxygen atoms in total. The summed E-state index contributed by atoms with van der Waals surface area (Å²) < 4.78 is 0.930. The SMILES string of the molecule is Cc1ccc(Br)cc1Nc1cc(N)cc([N+](=O)[O-])c1. The number of halogens is 1. The van der Waals surface area contributed by atoms with Gasteiger partial charge in [0.1, 0.15) is 0 Å². The molecule has 0 aromatic heterocycles. The second-order valence-corrected chi connectivity index (χ2v) is 5.07. The van der Waals surface area contributed by atoms with E-state index in [1.54, 1.807) is 6.07 Å². The highest BCUT2D eigenvalue weighted by molar-refractivity contribution is 9.10. The third-order valence-corrected chi connectivity index (χ3v) is 3.12. The normalized spacial score (nSPS) is 10.2. The molecule has 6 heteroatoms. The molecular weight excluding hydrogens is 310 g/mol. The summed E-state index contributed by atoms with van der Waals surface area (Å²) in [5, 5.41) is 13.9. The molecule has 0 unspecified atom stereocenters. The fraction of sp³-hybridized carbons (Fsp3) is 0.0769. The molecule has 0 atom stereocenters. The number of anilines is 3. The topological polar surface area (TPSA) is 81.2 Å². The lowest BCUT2D eigenvalue weighted by Crippen LogP contribution is -1.97. The number of nitrogens with zero attached hydrogens (tertiary/aromatic N) is 1. The largest absolute Gasteiger partial charge is 0.398 e. The molecule has 2 aromatic carbocycles. The number of hydrogen-bond donors (Lipinski definition) is 2. The Hall–Kier alpha value is -2.08. The average Bonchev–Trinajstić information content (AvgIpc) is 2.33. The molecule has 0 aliphatic rings. The Morgan fingerprint density at radius 1 is 1.26 bits per heavy atom. The van der Waals surface area contributed by atoms with Crippen molar-refractivity contribution in [1.82, 2.24) is 0 Å². The number of aryl methyl sites for hydroxylation is 1. The van der Waals surface area contributed by atoms with Crippen LogP contribution in [0.3, 0.4) is 0 Å². The minimum atomic E-state index is -0.463. The van der Waals surface area contributed by atoms with E-state index >= 15 is 0 Å². The Balaban J connectivity index is 2.38. The molecule has 0 fully saturated rings. The van der Waals surface area contributed by atoms with Gasteiger partial charge in [-0.2, -0.15) is 0 Å². The summed E-state index contributed by atoms with van der Waals surface area (Å²) >= 11 is 3.39. The van der Waals surface area contributed by atoms with E-state index in [9.17, 15) is 10.1 Å². The van der Waals surface area contributed by atoms with Gasteiger partial charge in [-0.1, -0.05) is 22.0 Å². The van der Waals surface area contributed by atoms with Gasteiger partial charge in [-0.15, -0.1) is 0 Å². The van der Waals surface area contributed by atoms with E-state index in [0.29, 0.717) is 11.4 Å². The van der Waals surface area contributed by atoms with Crippen LogP contribution in [0.1, 0.15) is 5.56 Å². The molecule has 3 N–H and O–H groups in total. The molecule has 19 heavy (non-hydrogen) atoms. The number of rotatable bonds is 3. The van der Waals surface area contributed by atoms with Crippen LogP contribution in [0.25, 0.3) is 0 Å². The zero-order valence-electron chi connectivity index (χ0n) is 10.2. The lowest BCUT2D eigenvalue weighted by molar-refractivity contribution is -0.384. The van der Waals surface area contributed by atoms with Gasteiger partial charge in [-0.25, -0.2) is 0 Å². The predicted octanol–water partition coefficient (Wildman–Crippen LogP) is 3.99. The van der Waals surface area contributed by atoms with Crippen molar-refractivity contribution in [2.24, 2.45) is 0 Å². The highest BCUT2D eigenvalue weighted by Gasteiger charge is 2.09. The third-order valence-electron chi connectivity index (χ3n) is 2.63. The van der Waals surface area contributed by atoms with Gasteiger partial charge in [-0.05, 0) is 30.7 Å². The summed E-state index contributed by atoms with van der Waals surface area (Å²) in [6.07, 6.45) is 0. The van der Waals surface area contributed by atoms with E-state index in [-0.39, 0.29) is 5.69 Å². The Bertz CT molecular complexity index is 644. The Kier molecular flexibility index (Phi) is 3.71. The molecule has 0 aliphatic heterocycles. The van der Waals surface area contributed by atoms with Gasteiger partial charge in [0.15, 0.2) is 0 Å². The number of nitro benzene ring substituents is 1. The maximum Gasteiger partial charge on any atom is 0.273 e. The summed E-state index contributed by atoms with van der Waals surface area (Å²) in [6.45, 7) is 1.95. The van der Waals surface area contributed by atoms with E-state index in [1.807, 2.05) is 25.1 Å². The fourth-order valence-corrected chi connectivity index (χ4v) is 2.06. The van der Waals surface area contributed by atoms with Crippen LogP contribution >= 0.6 is 15.9 Å². The quantitative estimate of drug-likeness (QED) is 0.508. The molecule has 0 spiro atoms. The minimum absolute atomic E-state index is 0.0323. The van der Waals surface area contributed by atoms with E-state index in [1.165, 1.54) is 12.1 Å². The first-order chi connectivity index (χ1) is 8.95. The zero-order chi connectivity index (χ0) is 14.0. The number of benzene rings is 2. The number of hydrogen-bond acceptors (Lipinski definition) is 4. The molecule has 0 bridgehead atoms. The standard InChI is InChI=1S/C13H12BrN3O2/c1-8-2-3-9(14)4-13(8)16-11-5-10(15)6-12(7-11)17(18)19/h2-7,16H,15H2,1H3. The molecule has 0 radical (unpaired) electrons. The third kappa shape index (κ3) is 3.23. The molecule has 0 heterocycles. The first-order valence-electron chi connectivity index (χ1n) is 5.54. The van der Waals surface area contributed by atoms with E-state index in [2.05, 4.69) is 21.2 Å². The molecular formula is C13H12BrN3O2. The van der Waals surface area contributed by atoms with Gasteiger partial charge >= 0.3 is 0 Å². The van der Waals surface area contributed by atoms with E-state index in [4.69, 9.17) is 5.73 Å². The number of nitrogens with two attached hydrogens (primary N) is 1. The van der Waals surface area contributed by atoms with E-state index in [0.717, 1.165) is 15.7 Å². The van der Waals surface area contributed by atoms with Crippen LogP contribution in [0.4, 0.5) is 22.7 Å². The fourth-order valence-electron chi connectivity index (χ4n) is 1.70. The Morgan fingerprint density at radius 3 is 2.68 bits per heavy atom. The highest BCUT2D eigenvalue weighted by Crippen LogP contribution is 2.28. The zero-order valence-corrected chi connectivity index (χ0v) is 11.8. The molecule has 2 aromatic rings. The van der Waals surface area contributed by atoms with Crippen LogP contribution in [0.15, 0.2) is 40.9 Å². The van der Waals surface area contributed by atoms with Crippen molar-refractivity contribution in [2.45, 2.75) is 6.92 Å². The maximum absolute atomic E-state index is 10.8. The van der Waals surface area contributed by atoms with Crippen LogP contribution in [0.2, 0.25) is 0 Å². The van der Waals surface area contributed by atoms with Crippen LogP contribution in [-0.2, 0) is 0 Å². The van der Waals surface area contributed by atoms with Gasteiger partial charge in [0, 0.05) is 33.7 Å². The van der Waals surface area contributed by atoms with Crippen molar-refractivity contribution in [3.05, 3.63) is 56.5 Å². The van der Waals surface area contributed by atoms with Crippen molar-refractivity contribution < 1.29 is 4.92 Å². The molecule has 0 aliphatic carbocycles. The second kappa shape index (κ2) is 5.27. The summed E-state index contributed by atoms with van der Waals surface area (Å²) in [4.78, 5) is 10.3. The van der Waals surface area contributed by atoms with Gasteiger partial charge in [0.05, 0.1) is 4.92 Å². The summed E-state index contributed by atoms with van der Waals surface area (Å²) in [5.41, 5.74) is 8.48. The Morgan fingerprint density at radius 2 is 2.00 bits per heavy atom. The number of nitro groups is 1. The summed E-state index contributed by atoms with van der Waals surface area (Å²) in [6, 6.07) is 10.2. The second-order valence-electron chi connectivity index (χ2n) is 4.15. The molecule has 0 amide bonds. The van der Waals surface area contributed by atoms with Crippen LogP contribution in [0.5, 0.6) is 0 Å². The summed E-state index contributed by atoms with van der Waals surface area (Å²) in [5.74, 6) is 0. The van der Waals surface area contributed by atoms with Crippen molar-refractivity contribution in [3.63, 3.8) is 0 Å².